The number of aryl methyl sites for hydroxylation is 1. The first-order valence-corrected chi connectivity index (χ1v) is 10.5. The SMILES string of the molecule is Cc1ccc(COc2ccn(-c3ccc4c5c(sc4c3)CNCC5)c(=O)c2)cn1.Cl. The number of pyridine rings is 2. The molecule has 4 heterocycles. The second-order valence-electron chi connectivity index (χ2n) is 7.28. The Kier molecular flexibility index (Phi) is 5.90. The fourth-order valence-electron chi connectivity index (χ4n) is 3.69. The van der Waals surface area contributed by atoms with Gasteiger partial charge in [-0.3, -0.25) is 14.3 Å². The molecule has 0 amide bonds. The highest BCUT2D eigenvalue weighted by atomic mass is 35.5. The molecule has 5 nitrogen and oxygen atoms in total. The van der Waals surface area contributed by atoms with Crippen LogP contribution in [0.1, 0.15) is 21.7 Å². The highest BCUT2D eigenvalue weighted by Crippen LogP contribution is 2.34. The molecule has 0 bridgehead atoms. The van der Waals surface area contributed by atoms with Crippen molar-refractivity contribution in [2.75, 3.05) is 6.54 Å². The highest BCUT2D eigenvalue weighted by molar-refractivity contribution is 7.19. The Bertz CT molecular complexity index is 1250. The first kappa shape index (κ1) is 20.6. The molecular weight excluding hydrogens is 418 g/mol. The van der Waals surface area contributed by atoms with Gasteiger partial charge < -0.3 is 10.1 Å². The molecule has 4 aromatic rings. The van der Waals surface area contributed by atoms with Gasteiger partial charge in [-0.2, -0.15) is 0 Å². The lowest BCUT2D eigenvalue weighted by Gasteiger charge is -2.12. The van der Waals surface area contributed by atoms with Gasteiger partial charge in [-0.1, -0.05) is 12.1 Å². The van der Waals surface area contributed by atoms with Crippen LogP contribution in [0.4, 0.5) is 0 Å². The summed E-state index contributed by atoms with van der Waals surface area (Å²) in [7, 11) is 0. The molecule has 0 saturated carbocycles. The Morgan fingerprint density at radius 1 is 1.20 bits per heavy atom. The summed E-state index contributed by atoms with van der Waals surface area (Å²) in [5.74, 6) is 0.561. The molecule has 154 valence electrons. The predicted octanol–water partition coefficient (Wildman–Crippen LogP) is 4.40. The fraction of sp³-hybridized carbons (Fsp3) is 0.217. The van der Waals surface area contributed by atoms with Crippen molar-refractivity contribution in [1.82, 2.24) is 14.9 Å². The van der Waals surface area contributed by atoms with Gasteiger partial charge in [-0.05, 0) is 55.1 Å². The van der Waals surface area contributed by atoms with Crippen LogP contribution < -0.4 is 15.6 Å². The van der Waals surface area contributed by atoms with Crippen LogP contribution in [0, 0.1) is 6.92 Å². The van der Waals surface area contributed by atoms with Crippen molar-refractivity contribution in [1.29, 1.82) is 0 Å². The molecule has 5 rings (SSSR count). The molecule has 0 fully saturated rings. The molecular formula is C23H22ClN3O2S. The lowest BCUT2D eigenvalue weighted by Crippen LogP contribution is -2.21. The van der Waals surface area contributed by atoms with E-state index in [1.807, 2.05) is 42.5 Å². The van der Waals surface area contributed by atoms with Gasteiger partial charge in [0.05, 0.1) is 5.69 Å². The van der Waals surface area contributed by atoms with Gasteiger partial charge in [0.25, 0.3) is 5.56 Å². The van der Waals surface area contributed by atoms with Gasteiger partial charge in [0, 0.05) is 45.8 Å². The summed E-state index contributed by atoms with van der Waals surface area (Å²) >= 11 is 1.82. The van der Waals surface area contributed by atoms with Crippen LogP contribution in [0.2, 0.25) is 0 Å². The van der Waals surface area contributed by atoms with E-state index in [9.17, 15) is 4.79 Å². The number of halogens is 1. The van der Waals surface area contributed by atoms with E-state index >= 15 is 0 Å². The summed E-state index contributed by atoms with van der Waals surface area (Å²) in [6.45, 7) is 4.30. The van der Waals surface area contributed by atoms with E-state index in [0.29, 0.717) is 12.4 Å². The van der Waals surface area contributed by atoms with Crippen molar-refractivity contribution in [2.45, 2.75) is 26.5 Å². The van der Waals surface area contributed by atoms with Crippen LogP contribution in [0.5, 0.6) is 5.75 Å². The Morgan fingerprint density at radius 2 is 2.10 bits per heavy atom. The Labute approximate surface area is 184 Å². The van der Waals surface area contributed by atoms with Crippen molar-refractivity contribution < 1.29 is 4.74 Å². The zero-order valence-electron chi connectivity index (χ0n) is 16.6. The summed E-state index contributed by atoms with van der Waals surface area (Å²) in [6, 6.07) is 13.6. The molecule has 1 aliphatic rings. The molecule has 0 radical (unpaired) electrons. The van der Waals surface area contributed by atoms with Gasteiger partial charge in [-0.25, -0.2) is 0 Å². The molecule has 0 unspecified atom stereocenters. The van der Waals surface area contributed by atoms with Crippen LogP contribution in [0.3, 0.4) is 0 Å². The Hall–Kier alpha value is -2.67. The number of thiophene rings is 1. The standard InChI is InChI=1S/C23H21N3O2S.ClH/c1-15-2-3-16(12-25-15)14-28-18-7-9-26(23(27)11-18)17-4-5-19-20-6-8-24-13-22(20)29-21(19)10-17;/h2-5,7,9-12,24H,6,8,13-14H2,1H3;1H. The number of nitrogens with one attached hydrogen (secondary N) is 1. The largest absolute Gasteiger partial charge is 0.489 e. The minimum absolute atomic E-state index is 0. The van der Waals surface area contributed by atoms with E-state index in [1.165, 1.54) is 26.6 Å². The monoisotopic (exact) mass is 439 g/mol. The normalized spacial score (nSPS) is 13.0. The number of nitrogens with zero attached hydrogens (tertiary/aromatic N) is 2. The van der Waals surface area contributed by atoms with Crippen molar-refractivity contribution in [3.05, 3.63) is 86.9 Å². The predicted molar refractivity (Wildman–Crippen MR) is 123 cm³/mol. The maximum absolute atomic E-state index is 12.7. The molecule has 0 saturated heterocycles. The Morgan fingerprint density at radius 3 is 2.90 bits per heavy atom. The second-order valence-corrected chi connectivity index (χ2v) is 8.41. The molecule has 1 N–H and O–H groups in total. The second kappa shape index (κ2) is 8.60. The lowest BCUT2D eigenvalue weighted by molar-refractivity contribution is 0.304. The smallest absolute Gasteiger partial charge is 0.258 e. The summed E-state index contributed by atoms with van der Waals surface area (Å²) in [6.07, 6.45) is 4.64. The highest BCUT2D eigenvalue weighted by Gasteiger charge is 2.16. The van der Waals surface area contributed by atoms with E-state index in [4.69, 9.17) is 4.74 Å². The third-order valence-corrected chi connectivity index (χ3v) is 6.44. The van der Waals surface area contributed by atoms with E-state index < -0.39 is 0 Å². The van der Waals surface area contributed by atoms with Gasteiger partial charge in [0.1, 0.15) is 12.4 Å². The number of rotatable bonds is 4. The van der Waals surface area contributed by atoms with Crippen molar-refractivity contribution in [2.24, 2.45) is 0 Å². The van der Waals surface area contributed by atoms with Crippen LogP contribution in [-0.2, 0) is 19.6 Å². The summed E-state index contributed by atoms with van der Waals surface area (Å²) in [5.41, 5.74) is 4.17. The zero-order valence-corrected chi connectivity index (χ0v) is 18.2. The zero-order chi connectivity index (χ0) is 19.8. The third-order valence-electron chi connectivity index (χ3n) is 5.24. The van der Waals surface area contributed by atoms with Crippen LogP contribution in [-0.4, -0.2) is 16.1 Å². The molecule has 1 aliphatic heterocycles. The first-order chi connectivity index (χ1) is 14.2. The quantitative estimate of drug-likeness (QED) is 0.512. The first-order valence-electron chi connectivity index (χ1n) is 9.70. The fourth-order valence-corrected chi connectivity index (χ4v) is 4.94. The molecule has 3 aromatic heterocycles. The topological polar surface area (TPSA) is 56.1 Å². The number of benzene rings is 1. The van der Waals surface area contributed by atoms with Gasteiger partial charge >= 0.3 is 0 Å². The van der Waals surface area contributed by atoms with Crippen LogP contribution in [0.25, 0.3) is 15.8 Å². The van der Waals surface area contributed by atoms with E-state index in [0.717, 1.165) is 36.5 Å². The molecule has 30 heavy (non-hydrogen) atoms. The van der Waals surface area contributed by atoms with E-state index in [-0.39, 0.29) is 18.0 Å². The number of aromatic nitrogens is 2. The van der Waals surface area contributed by atoms with Gasteiger partial charge in [-0.15, -0.1) is 23.7 Å². The number of hydrogen-bond donors (Lipinski definition) is 1. The van der Waals surface area contributed by atoms with Crippen molar-refractivity contribution >= 4 is 33.8 Å². The molecule has 7 heteroatoms. The summed E-state index contributed by atoms with van der Waals surface area (Å²) in [5, 5.41) is 4.74. The average molecular weight is 440 g/mol. The van der Waals surface area contributed by atoms with E-state index in [1.54, 1.807) is 17.0 Å². The molecule has 0 aliphatic carbocycles. The summed E-state index contributed by atoms with van der Waals surface area (Å²) < 4.78 is 8.67. The Balaban J connectivity index is 0.00000218. The summed E-state index contributed by atoms with van der Waals surface area (Å²) in [4.78, 5) is 18.4. The maximum atomic E-state index is 12.7. The van der Waals surface area contributed by atoms with Crippen LogP contribution >= 0.6 is 23.7 Å². The van der Waals surface area contributed by atoms with E-state index in [2.05, 4.69) is 22.4 Å². The molecule has 0 atom stereocenters. The maximum Gasteiger partial charge on any atom is 0.258 e. The minimum atomic E-state index is -0.105. The molecule has 0 spiro atoms. The van der Waals surface area contributed by atoms with Gasteiger partial charge in [0.15, 0.2) is 0 Å². The third kappa shape index (κ3) is 3.99. The lowest BCUT2D eigenvalue weighted by atomic mass is 10.0. The van der Waals surface area contributed by atoms with Crippen molar-refractivity contribution in [3.8, 4) is 11.4 Å². The van der Waals surface area contributed by atoms with Crippen molar-refractivity contribution in [3.63, 3.8) is 0 Å². The molecule has 1 aromatic carbocycles. The number of hydrogen-bond acceptors (Lipinski definition) is 5. The average Bonchev–Trinajstić information content (AvgIpc) is 3.11. The number of ether oxygens (including phenoxy) is 1. The number of fused-ring (bicyclic) bond motifs is 3. The van der Waals surface area contributed by atoms with Crippen LogP contribution in [0.15, 0.2) is 59.7 Å². The van der Waals surface area contributed by atoms with Gasteiger partial charge in [0.2, 0.25) is 0 Å². The minimum Gasteiger partial charge on any atom is -0.489 e.